The number of Topliss-reactive ketones (excluding diaryl/α,β-unsaturated/α-hetero) is 1. The molecule has 0 aromatic rings. The predicted molar refractivity (Wildman–Crippen MR) is 102 cm³/mol. The van der Waals surface area contributed by atoms with E-state index in [0.29, 0.717) is 11.7 Å². The largest absolute Gasteiger partial charge is 0.300 e. The van der Waals surface area contributed by atoms with Gasteiger partial charge in [-0.2, -0.15) is 0 Å². The van der Waals surface area contributed by atoms with Crippen LogP contribution in [0, 0.1) is 35.5 Å². The molecule has 1 heteroatoms. The van der Waals surface area contributed by atoms with Gasteiger partial charge in [-0.05, 0) is 94.3 Å². The summed E-state index contributed by atoms with van der Waals surface area (Å²) >= 11 is 0. The molecule has 4 atom stereocenters. The smallest absolute Gasteiger partial charge is 0.132 e. The van der Waals surface area contributed by atoms with Gasteiger partial charge in [-0.3, -0.25) is 4.79 Å². The van der Waals surface area contributed by atoms with Crippen LogP contribution in [0.3, 0.4) is 0 Å². The Morgan fingerprint density at radius 2 is 1.33 bits per heavy atom. The van der Waals surface area contributed by atoms with Crippen LogP contribution in [0.2, 0.25) is 0 Å². The molecule has 3 rings (SSSR count). The predicted octanol–water partition coefficient (Wildman–Crippen LogP) is 6.79. The van der Waals surface area contributed by atoms with E-state index in [2.05, 4.69) is 6.92 Å². The molecule has 3 aliphatic carbocycles. The maximum absolute atomic E-state index is 11.6. The minimum atomic E-state index is 0.399. The Kier molecular flexibility index (Phi) is 6.81. The molecule has 0 unspecified atom stereocenters. The molecule has 1 nitrogen and oxygen atoms in total. The van der Waals surface area contributed by atoms with E-state index in [1.165, 1.54) is 83.5 Å². The van der Waals surface area contributed by atoms with Crippen LogP contribution in [0.1, 0.15) is 104 Å². The second kappa shape index (κ2) is 8.86. The van der Waals surface area contributed by atoms with Crippen molar-refractivity contribution in [1.29, 1.82) is 0 Å². The summed E-state index contributed by atoms with van der Waals surface area (Å²) in [5.74, 6) is 5.96. The minimum absolute atomic E-state index is 0.399. The SMILES string of the molecule is CCCCC[C@H]1CC[C@@H]2C[C@H](C3CCC(C(C)=O)CC3)CC[C@@H]2C1. The maximum atomic E-state index is 11.6. The second-order valence-electron chi connectivity index (χ2n) is 9.49. The standard InChI is InChI=1S/C23H40O/c1-3-4-5-6-18-7-8-23-16-22(14-13-21(23)15-18)20-11-9-19(10-12-20)17(2)24/h18-23H,3-16H2,1-2H3/t18-,19?,20?,21+,22+,23+/m0/s1. The monoisotopic (exact) mass is 332 g/mol. The van der Waals surface area contributed by atoms with Crippen molar-refractivity contribution in [2.45, 2.75) is 104 Å². The van der Waals surface area contributed by atoms with Gasteiger partial charge in [-0.1, -0.05) is 39.0 Å². The zero-order valence-electron chi connectivity index (χ0n) is 16.3. The van der Waals surface area contributed by atoms with Gasteiger partial charge < -0.3 is 0 Å². The van der Waals surface area contributed by atoms with Gasteiger partial charge in [0.1, 0.15) is 5.78 Å². The first kappa shape index (κ1) is 18.5. The lowest BCUT2D eigenvalue weighted by Gasteiger charge is -2.45. The van der Waals surface area contributed by atoms with E-state index in [-0.39, 0.29) is 0 Å². The molecule has 0 radical (unpaired) electrons. The molecule has 138 valence electrons. The Hall–Kier alpha value is -0.330. The lowest BCUT2D eigenvalue weighted by Crippen LogP contribution is -2.35. The molecule has 0 aliphatic heterocycles. The fraction of sp³-hybridized carbons (Fsp3) is 0.957. The number of rotatable bonds is 6. The van der Waals surface area contributed by atoms with Crippen LogP contribution in [-0.2, 0) is 4.79 Å². The van der Waals surface area contributed by atoms with E-state index in [9.17, 15) is 4.79 Å². The average Bonchev–Trinajstić information content (AvgIpc) is 2.61. The van der Waals surface area contributed by atoms with Crippen LogP contribution < -0.4 is 0 Å². The Labute approximate surface area is 150 Å². The van der Waals surface area contributed by atoms with Crippen molar-refractivity contribution in [2.75, 3.05) is 0 Å². The third-order valence-corrected chi connectivity index (χ3v) is 7.99. The van der Waals surface area contributed by atoms with Gasteiger partial charge in [0.15, 0.2) is 0 Å². The van der Waals surface area contributed by atoms with E-state index in [1.807, 2.05) is 0 Å². The van der Waals surface area contributed by atoms with Gasteiger partial charge in [0.05, 0.1) is 0 Å². The summed E-state index contributed by atoms with van der Waals surface area (Å²) in [6, 6.07) is 0. The summed E-state index contributed by atoms with van der Waals surface area (Å²) in [5.41, 5.74) is 0. The zero-order chi connectivity index (χ0) is 16.9. The number of carbonyl (C=O) groups excluding carboxylic acids is 1. The molecule has 0 amide bonds. The number of carbonyl (C=O) groups is 1. The molecule has 0 aromatic heterocycles. The van der Waals surface area contributed by atoms with E-state index in [1.54, 1.807) is 13.3 Å². The topological polar surface area (TPSA) is 17.1 Å². The van der Waals surface area contributed by atoms with Crippen LogP contribution in [0.15, 0.2) is 0 Å². The van der Waals surface area contributed by atoms with Crippen molar-refractivity contribution in [1.82, 2.24) is 0 Å². The molecule has 24 heavy (non-hydrogen) atoms. The summed E-state index contributed by atoms with van der Waals surface area (Å²) in [4.78, 5) is 11.6. The Morgan fingerprint density at radius 3 is 2.00 bits per heavy atom. The van der Waals surface area contributed by atoms with Gasteiger partial charge in [0.2, 0.25) is 0 Å². The first-order chi connectivity index (χ1) is 11.7. The van der Waals surface area contributed by atoms with Gasteiger partial charge in [0.25, 0.3) is 0 Å². The number of unbranched alkanes of at least 4 members (excludes halogenated alkanes) is 2. The Bertz CT molecular complexity index is 393. The quantitative estimate of drug-likeness (QED) is 0.489. The lowest BCUT2D eigenvalue weighted by molar-refractivity contribution is -0.122. The number of fused-ring (bicyclic) bond motifs is 1. The summed E-state index contributed by atoms with van der Waals surface area (Å²) in [7, 11) is 0. The highest BCUT2D eigenvalue weighted by Crippen LogP contribution is 2.49. The fourth-order valence-electron chi connectivity index (χ4n) is 6.39. The molecule has 0 spiro atoms. The van der Waals surface area contributed by atoms with Crippen molar-refractivity contribution in [3.05, 3.63) is 0 Å². The van der Waals surface area contributed by atoms with Crippen molar-refractivity contribution in [3.63, 3.8) is 0 Å². The summed E-state index contributed by atoms with van der Waals surface area (Å²) in [6.45, 7) is 4.12. The summed E-state index contributed by atoms with van der Waals surface area (Å²) in [5, 5.41) is 0. The fourth-order valence-corrected chi connectivity index (χ4v) is 6.39. The molecule has 0 bridgehead atoms. The normalized spacial score (nSPS) is 40.1. The van der Waals surface area contributed by atoms with Crippen molar-refractivity contribution in [3.8, 4) is 0 Å². The van der Waals surface area contributed by atoms with Gasteiger partial charge in [-0.15, -0.1) is 0 Å². The number of ketones is 1. The van der Waals surface area contributed by atoms with Crippen LogP contribution in [0.25, 0.3) is 0 Å². The highest BCUT2D eigenvalue weighted by atomic mass is 16.1. The third-order valence-electron chi connectivity index (χ3n) is 7.99. The molecular formula is C23H40O. The van der Waals surface area contributed by atoms with Crippen molar-refractivity contribution in [2.24, 2.45) is 35.5 Å². The number of hydrogen-bond acceptors (Lipinski definition) is 1. The molecule has 0 saturated heterocycles. The molecule has 3 fully saturated rings. The Morgan fingerprint density at radius 1 is 0.750 bits per heavy atom. The average molecular weight is 333 g/mol. The van der Waals surface area contributed by atoms with Crippen LogP contribution in [0.5, 0.6) is 0 Å². The van der Waals surface area contributed by atoms with Gasteiger partial charge in [-0.25, -0.2) is 0 Å². The molecule has 0 N–H and O–H groups in total. The molecule has 3 saturated carbocycles. The first-order valence-electron chi connectivity index (χ1n) is 11.2. The van der Waals surface area contributed by atoms with Crippen LogP contribution in [-0.4, -0.2) is 5.78 Å². The van der Waals surface area contributed by atoms with E-state index in [0.717, 1.165) is 29.6 Å². The highest BCUT2D eigenvalue weighted by molar-refractivity contribution is 5.78. The Balaban J connectivity index is 1.42. The third kappa shape index (κ3) is 4.64. The molecule has 0 aromatic carbocycles. The van der Waals surface area contributed by atoms with E-state index < -0.39 is 0 Å². The van der Waals surface area contributed by atoms with Crippen LogP contribution >= 0.6 is 0 Å². The zero-order valence-corrected chi connectivity index (χ0v) is 16.3. The second-order valence-corrected chi connectivity index (χ2v) is 9.49. The molecular weight excluding hydrogens is 292 g/mol. The summed E-state index contributed by atoms with van der Waals surface area (Å²) < 4.78 is 0. The molecule has 0 heterocycles. The first-order valence-corrected chi connectivity index (χ1v) is 11.2. The highest BCUT2D eigenvalue weighted by Gasteiger charge is 2.38. The molecule has 3 aliphatic rings. The van der Waals surface area contributed by atoms with Gasteiger partial charge in [0, 0.05) is 5.92 Å². The lowest BCUT2D eigenvalue weighted by atomic mass is 9.60. The van der Waals surface area contributed by atoms with Crippen molar-refractivity contribution < 1.29 is 4.79 Å². The van der Waals surface area contributed by atoms with Crippen LogP contribution in [0.4, 0.5) is 0 Å². The van der Waals surface area contributed by atoms with Crippen molar-refractivity contribution >= 4 is 5.78 Å². The number of hydrogen-bond donors (Lipinski definition) is 0. The van der Waals surface area contributed by atoms with E-state index >= 15 is 0 Å². The maximum Gasteiger partial charge on any atom is 0.132 e. The summed E-state index contributed by atoms with van der Waals surface area (Å²) in [6.07, 6.45) is 20.0. The minimum Gasteiger partial charge on any atom is -0.300 e. The van der Waals surface area contributed by atoms with E-state index in [4.69, 9.17) is 0 Å². The van der Waals surface area contributed by atoms with Gasteiger partial charge >= 0.3 is 0 Å².